The van der Waals surface area contributed by atoms with Crippen molar-refractivity contribution in [3.8, 4) is 0 Å². The first-order chi connectivity index (χ1) is 6.34. The molecule has 0 spiro atoms. The molecular weight excluding hydrogens is 188 g/mol. The van der Waals surface area contributed by atoms with Gasteiger partial charge in [-0.15, -0.1) is 0 Å². The molecule has 2 aromatic rings. The van der Waals surface area contributed by atoms with Crippen LogP contribution in [0.2, 0.25) is 0 Å². The first kappa shape index (κ1) is 8.18. The number of aromatic nitrogens is 3. The summed E-state index contributed by atoms with van der Waals surface area (Å²) in [6.07, 6.45) is 3.00. The second-order valence-corrected chi connectivity index (χ2v) is 3.23. The lowest BCUT2D eigenvalue weighted by Gasteiger charge is -1.95. The number of hydrogen-bond acceptors (Lipinski definition) is 6. The molecule has 13 heavy (non-hydrogen) atoms. The molecule has 0 unspecified atom stereocenters. The minimum absolute atomic E-state index is 0.616. The van der Waals surface area contributed by atoms with Crippen molar-refractivity contribution in [3.05, 3.63) is 24.2 Å². The van der Waals surface area contributed by atoms with E-state index in [1.807, 2.05) is 6.92 Å². The lowest BCUT2D eigenvalue weighted by Crippen LogP contribution is -1.98. The second kappa shape index (κ2) is 3.53. The summed E-state index contributed by atoms with van der Waals surface area (Å²) < 4.78 is 8.87. The minimum atomic E-state index is 0.616. The second-order valence-electron chi connectivity index (χ2n) is 2.48. The average Bonchev–Trinajstić information content (AvgIpc) is 2.71. The van der Waals surface area contributed by atoms with Gasteiger partial charge in [-0.2, -0.15) is 4.37 Å². The number of anilines is 1. The molecule has 0 aliphatic rings. The molecule has 0 bridgehead atoms. The van der Waals surface area contributed by atoms with Crippen LogP contribution in [0.3, 0.4) is 0 Å². The quantitative estimate of drug-likeness (QED) is 0.804. The van der Waals surface area contributed by atoms with Gasteiger partial charge in [0.15, 0.2) is 6.39 Å². The van der Waals surface area contributed by atoms with Gasteiger partial charge in [0.1, 0.15) is 12.1 Å². The fourth-order valence-corrected chi connectivity index (χ4v) is 1.43. The van der Waals surface area contributed by atoms with E-state index in [0.717, 1.165) is 16.6 Å². The molecule has 0 atom stereocenters. The number of nitrogens with zero attached hydrogens (tertiary/aromatic N) is 3. The monoisotopic (exact) mass is 196 g/mol. The molecule has 0 fully saturated rings. The SMILES string of the molecule is Cc1nsc(NCc2cocn2)n1. The van der Waals surface area contributed by atoms with Crippen LogP contribution in [-0.4, -0.2) is 14.3 Å². The smallest absolute Gasteiger partial charge is 0.202 e. The Morgan fingerprint density at radius 1 is 1.62 bits per heavy atom. The largest absolute Gasteiger partial charge is 0.451 e. The summed E-state index contributed by atoms with van der Waals surface area (Å²) in [5.74, 6) is 0.785. The fourth-order valence-electron chi connectivity index (χ4n) is 0.860. The van der Waals surface area contributed by atoms with Crippen LogP contribution in [0.15, 0.2) is 17.1 Å². The molecule has 68 valence electrons. The van der Waals surface area contributed by atoms with Crippen molar-refractivity contribution in [2.45, 2.75) is 13.5 Å². The Bertz CT molecular complexity index is 370. The Hall–Kier alpha value is -1.43. The Morgan fingerprint density at radius 3 is 3.15 bits per heavy atom. The summed E-state index contributed by atoms with van der Waals surface area (Å²) in [6.45, 7) is 2.48. The molecule has 2 aromatic heterocycles. The van der Waals surface area contributed by atoms with Crippen molar-refractivity contribution in [1.82, 2.24) is 14.3 Å². The molecule has 0 aromatic carbocycles. The van der Waals surface area contributed by atoms with Crippen molar-refractivity contribution in [3.63, 3.8) is 0 Å². The van der Waals surface area contributed by atoms with Crippen LogP contribution in [0.4, 0.5) is 5.13 Å². The zero-order chi connectivity index (χ0) is 9.10. The van der Waals surface area contributed by atoms with E-state index in [9.17, 15) is 0 Å². The summed E-state index contributed by atoms with van der Waals surface area (Å²) in [5, 5.41) is 3.90. The van der Waals surface area contributed by atoms with Gasteiger partial charge in [0, 0.05) is 11.5 Å². The topological polar surface area (TPSA) is 63.8 Å². The van der Waals surface area contributed by atoms with Gasteiger partial charge in [-0.1, -0.05) is 0 Å². The maximum Gasteiger partial charge on any atom is 0.202 e. The Labute approximate surface area is 79.0 Å². The third kappa shape index (κ3) is 2.03. The highest BCUT2D eigenvalue weighted by Gasteiger charge is 2.00. The van der Waals surface area contributed by atoms with Crippen LogP contribution in [0.5, 0.6) is 0 Å². The molecule has 6 heteroatoms. The molecule has 5 nitrogen and oxygen atoms in total. The maximum atomic E-state index is 4.82. The lowest BCUT2D eigenvalue weighted by molar-refractivity contribution is 0.556. The van der Waals surface area contributed by atoms with Gasteiger partial charge >= 0.3 is 0 Å². The summed E-state index contributed by atoms with van der Waals surface area (Å²) >= 11 is 1.34. The van der Waals surface area contributed by atoms with Gasteiger partial charge < -0.3 is 9.73 Å². The summed E-state index contributed by atoms with van der Waals surface area (Å²) in [7, 11) is 0. The van der Waals surface area contributed by atoms with E-state index in [4.69, 9.17) is 4.42 Å². The third-order valence-electron chi connectivity index (χ3n) is 1.43. The highest BCUT2D eigenvalue weighted by atomic mass is 32.1. The number of rotatable bonds is 3. The average molecular weight is 196 g/mol. The maximum absolute atomic E-state index is 4.82. The summed E-state index contributed by atoms with van der Waals surface area (Å²) in [6, 6.07) is 0. The Kier molecular flexibility index (Phi) is 2.22. The number of oxazole rings is 1. The van der Waals surface area contributed by atoms with E-state index in [1.165, 1.54) is 17.9 Å². The van der Waals surface area contributed by atoms with Crippen LogP contribution in [-0.2, 0) is 6.54 Å². The molecule has 0 aliphatic carbocycles. The predicted octanol–water partition coefficient (Wildman–Crippen LogP) is 1.45. The number of hydrogen-bond donors (Lipinski definition) is 1. The highest BCUT2D eigenvalue weighted by molar-refractivity contribution is 7.09. The molecule has 2 heterocycles. The van der Waals surface area contributed by atoms with Gasteiger partial charge in [0.05, 0.1) is 12.2 Å². The van der Waals surface area contributed by atoms with Gasteiger partial charge in [0.25, 0.3) is 0 Å². The number of nitrogens with one attached hydrogen (secondary N) is 1. The van der Waals surface area contributed by atoms with E-state index in [2.05, 4.69) is 19.7 Å². The Balaban J connectivity index is 1.93. The first-order valence-electron chi connectivity index (χ1n) is 3.76. The Morgan fingerprint density at radius 2 is 2.54 bits per heavy atom. The van der Waals surface area contributed by atoms with Crippen LogP contribution < -0.4 is 5.32 Å². The molecule has 2 rings (SSSR count). The van der Waals surface area contributed by atoms with Crippen LogP contribution >= 0.6 is 11.5 Å². The van der Waals surface area contributed by atoms with E-state index < -0.39 is 0 Å². The van der Waals surface area contributed by atoms with Gasteiger partial charge in [-0.25, -0.2) is 9.97 Å². The lowest BCUT2D eigenvalue weighted by atomic mass is 10.5. The minimum Gasteiger partial charge on any atom is -0.451 e. The van der Waals surface area contributed by atoms with E-state index in [0.29, 0.717) is 6.54 Å². The van der Waals surface area contributed by atoms with Crippen molar-refractivity contribution < 1.29 is 4.42 Å². The molecule has 0 saturated heterocycles. The molecule has 0 saturated carbocycles. The molecular formula is C7H8N4OS. The summed E-state index contributed by atoms with van der Waals surface area (Å²) in [4.78, 5) is 8.11. The van der Waals surface area contributed by atoms with E-state index >= 15 is 0 Å². The van der Waals surface area contributed by atoms with Crippen LogP contribution in [0.1, 0.15) is 11.5 Å². The standard InChI is InChI=1S/C7H8N4OS/c1-5-10-7(13-11-5)8-2-6-3-12-4-9-6/h3-4H,2H2,1H3,(H,8,10,11). The molecule has 0 aliphatic heterocycles. The zero-order valence-electron chi connectivity index (χ0n) is 7.02. The van der Waals surface area contributed by atoms with Crippen molar-refractivity contribution in [2.24, 2.45) is 0 Å². The third-order valence-corrected chi connectivity index (χ3v) is 2.20. The highest BCUT2D eigenvalue weighted by Crippen LogP contribution is 2.10. The van der Waals surface area contributed by atoms with Crippen molar-refractivity contribution >= 4 is 16.7 Å². The first-order valence-corrected chi connectivity index (χ1v) is 4.53. The predicted molar refractivity (Wildman–Crippen MR) is 48.5 cm³/mol. The van der Waals surface area contributed by atoms with Crippen molar-refractivity contribution in [1.29, 1.82) is 0 Å². The number of aryl methyl sites for hydroxylation is 1. The normalized spacial score (nSPS) is 10.2. The van der Waals surface area contributed by atoms with E-state index in [-0.39, 0.29) is 0 Å². The molecule has 0 amide bonds. The molecule has 0 radical (unpaired) electrons. The van der Waals surface area contributed by atoms with Gasteiger partial charge in [-0.3, -0.25) is 0 Å². The van der Waals surface area contributed by atoms with Crippen LogP contribution in [0, 0.1) is 6.92 Å². The fraction of sp³-hybridized carbons (Fsp3) is 0.286. The van der Waals surface area contributed by atoms with E-state index in [1.54, 1.807) is 6.26 Å². The summed E-state index contributed by atoms with van der Waals surface area (Å²) in [5.41, 5.74) is 0.854. The van der Waals surface area contributed by atoms with Crippen LogP contribution in [0.25, 0.3) is 0 Å². The van der Waals surface area contributed by atoms with Crippen molar-refractivity contribution in [2.75, 3.05) is 5.32 Å². The molecule has 1 N–H and O–H groups in total. The van der Waals surface area contributed by atoms with Gasteiger partial charge in [-0.05, 0) is 6.92 Å². The zero-order valence-corrected chi connectivity index (χ0v) is 7.84. The van der Waals surface area contributed by atoms with Gasteiger partial charge in [0.2, 0.25) is 5.13 Å².